The van der Waals surface area contributed by atoms with Gasteiger partial charge in [-0.2, -0.15) is 0 Å². The van der Waals surface area contributed by atoms with Crippen LogP contribution in [0.2, 0.25) is 0 Å². The van der Waals surface area contributed by atoms with E-state index in [1.165, 1.54) is 11.1 Å². The third-order valence-electron chi connectivity index (χ3n) is 2.42. The van der Waals surface area contributed by atoms with E-state index in [0.29, 0.717) is 10.7 Å². The zero-order valence-corrected chi connectivity index (χ0v) is 13.0. The van der Waals surface area contributed by atoms with Crippen molar-refractivity contribution in [3.05, 3.63) is 42.0 Å². The first kappa shape index (κ1) is 14.0. The van der Waals surface area contributed by atoms with Crippen LogP contribution in [0.3, 0.4) is 0 Å². The van der Waals surface area contributed by atoms with E-state index >= 15 is 0 Å². The molecule has 0 nitrogen and oxygen atoms in total. The smallest absolute Gasteiger partial charge is 0.0400 e. The van der Waals surface area contributed by atoms with Gasteiger partial charge in [-0.1, -0.05) is 82.1 Å². The van der Waals surface area contributed by atoms with Gasteiger partial charge in [0.05, 0.1) is 0 Å². The molecule has 0 aliphatic heterocycles. The van der Waals surface area contributed by atoms with Gasteiger partial charge in [0.15, 0.2) is 0 Å². The molecule has 0 spiro atoms. The standard InChI is InChI=1S/C14H18Br2/c1-11(2)10-14(16)13(8-9-15)12-6-4-3-5-7-12/h3-8,11,14H,9-10H2,1-2H3/b13-8-. The maximum absolute atomic E-state index is 3.79. The van der Waals surface area contributed by atoms with Crippen LogP contribution in [-0.2, 0) is 0 Å². The zero-order valence-electron chi connectivity index (χ0n) is 9.79. The molecule has 16 heavy (non-hydrogen) atoms. The molecule has 2 heteroatoms. The molecule has 88 valence electrons. The summed E-state index contributed by atoms with van der Waals surface area (Å²) in [5.74, 6) is 0.701. The Morgan fingerprint density at radius 2 is 1.88 bits per heavy atom. The summed E-state index contributed by atoms with van der Waals surface area (Å²) in [5.41, 5.74) is 2.69. The molecule has 0 aliphatic rings. The highest BCUT2D eigenvalue weighted by molar-refractivity contribution is 9.10. The van der Waals surface area contributed by atoms with E-state index < -0.39 is 0 Å². The van der Waals surface area contributed by atoms with E-state index in [1.54, 1.807) is 0 Å². The van der Waals surface area contributed by atoms with Gasteiger partial charge < -0.3 is 0 Å². The fraction of sp³-hybridized carbons (Fsp3) is 0.429. The Balaban J connectivity index is 2.88. The first-order valence-electron chi connectivity index (χ1n) is 5.60. The lowest BCUT2D eigenvalue weighted by atomic mass is 9.97. The minimum Gasteiger partial charge on any atom is -0.0883 e. The van der Waals surface area contributed by atoms with Crippen LogP contribution in [0.25, 0.3) is 5.57 Å². The molecule has 0 bridgehead atoms. The van der Waals surface area contributed by atoms with Crippen molar-refractivity contribution in [3.8, 4) is 0 Å². The minimum atomic E-state index is 0.437. The lowest BCUT2D eigenvalue weighted by Crippen LogP contribution is -2.06. The molecule has 0 saturated heterocycles. The topological polar surface area (TPSA) is 0 Å². The summed E-state index contributed by atoms with van der Waals surface area (Å²) in [6, 6.07) is 10.6. The van der Waals surface area contributed by atoms with Crippen molar-refractivity contribution < 1.29 is 0 Å². The Labute approximate surface area is 115 Å². The predicted molar refractivity (Wildman–Crippen MR) is 80.4 cm³/mol. The highest BCUT2D eigenvalue weighted by Gasteiger charge is 2.13. The average Bonchev–Trinajstić information content (AvgIpc) is 2.26. The number of rotatable bonds is 5. The lowest BCUT2D eigenvalue weighted by molar-refractivity contribution is 0.609. The van der Waals surface area contributed by atoms with Crippen molar-refractivity contribution in [1.29, 1.82) is 0 Å². The summed E-state index contributed by atoms with van der Waals surface area (Å²) in [4.78, 5) is 0.437. The maximum atomic E-state index is 3.79. The number of allylic oxidation sites excluding steroid dienone is 2. The Morgan fingerprint density at radius 3 is 2.38 bits per heavy atom. The number of hydrogen-bond acceptors (Lipinski definition) is 0. The van der Waals surface area contributed by atoms with Crippen molar-refractivity contribution in [3.63, 3.8) is 0 Å². The second kappa shape index (κ2) is 7.29. The molecular formula is C14H18Br2. The molecular weight excluding hydrogens is 328 g/mol. The van der Waals surface area contributed by atoms with Crippen molar-refractivity contribution in [1.82, 2.24) is 0 Å². The Bertz CT molecular complexity index is 328. The van der Waals surface area contributed by atoms with Gasteiger partial charge in [-0.3, -0.25) is 0 Å². The van der Waals surface area contributed by atoms with Gasteiger partial charge in [-0.05, 0) is 23.5 Å². The summed E-state index contributed by atoms with van der Waals surface area (Å²) in [7, 11) is 0. The highest BCUT2D eigenvalue weighted by atomic mass is 79.9. The van der Waals surface area contributed by atoms with Crippen molar-refractivity contribution in [2.24, 2.45) is 5.92 Å². The van der Waals surface area contributed by atoms with Crippen LogP contribution >= 0.6 is 31.9 Å². The van der Waals surface area contributed by atoms with E-state index in [1.807, 2.05) is 0 Å². The van der Waals surface area contributed by atoms with Gasteiger partial charge in [0, 0.05) is 10.2 Å². The van der Waals surface area contributed by atoms with E-state index in [0.717, 1.165) is 11.8 Å². The molecule has 0 radical (unpaired) electrons. The molecule has 1 aromatic rings. The molecule has 0 fully saturated rings. The molecule has 0 aliphatic carbocycles. The van der Waals surface area contributed by atoms with Crippen LogP contribution in [0, 0.1) is 5.92 Å². The minimum absolute atomic E-state index is 0.437. The molecule has 0 N–H and O–H groups in total. The molecule has 0 amide bonds. The number of alkyl halides is 2. The second-order valence-corrected chi connectivity index (χ2v) is 6.03. The first-order chi connectivity index (χ1) is 7.65. The second-order valence-electron chi connectivity index (χ2n) is 4.28. The van der Waals surface area contributed by atoms with Crippen molar-refractivity contribution in [2.75, 3.05) is 5.33 Å². The van der Waals surface area contributed by atoms with E-state index in [4.69, 9.17) is 0 Å². The summed E-state index contributed by atoms with van der Waals surface area (Å²) in [6.07, 6.45) is 3.41. The predicted octanol–water partition coefficient (Wildman–Crippen LogP) is 5.27. The van der Waals surface area contributed by atoms with E-state index in [-0.39, 0.29) is 0 Å². The number of halogens is 2. The van der Waals surface area contributed by atoms with E-state index in [9.17, 15) is 0 Å². The van der Waals surface area contributed by atoms with Crippen LogP contribution in [0.1, 0.15) is 25.8 Å². The van der Waals surface area contributed by atoms with Crippen molar-refractivity contribution >= 4 is 37.4 Å². The fourth-order valence-corrected chi connectivity index (χ4v) is 3.23. The van der Waals surface area contributed by atoms with Crippen LogP contribution in [0.5, 0.6) is 0 Å². The van der Waals surface area contributed by atoms with E-state index in [2.05, 4.69) is 82.1 Å². The molecule has 0 saturated carbocycles. The molecule has 1 aromatic carbocycles. The van der Waals surface area contributed by atoms with Crippen LogP contribution in [0.15, 0.2) is 36.4 Å². The monoisotopic (exact) mass is 344 g/mol. The SMILES string of the molecule is CC(C)CC(Br)/C(=C\CBr)c1ccccc1. The normalized spacial score (nSPS) is 14.2. The van der Waals surface area contributed by atoms with Gasteiger partial charge in [-0.25, -0.2) is 0 Å². The Hall–Kier alpha value is -0.0800. The highest BCUT2D eigenvalue weighted by Crippen LogP contribution is 2.28. The summed E-state index contributed by atoms with van der Waals surface area (Å²) in [6.45, 7) is 4.51. The summed E-state index contributed by atoms with van der Waals surface area (Å²) >= 11 is 7.28. The van der Waals surface area contributed by atoms with Gasteiger partial charge in [0.2, 0.25) is 0 Å². The number of hydrogen-bond donors (Lipinski definition) is 0. The van der Waals surface area contributed by atoms with Gasteiger partial charge in [0.25, 0.3) is 0 Å². The van der Waals surface area contributed by atoms with Gasteiger partial charge >= 0.3 is 0 Å². The molecule has 1 rings (SSSR count). The Kier molecular flexibility index (Phi) is 6.37. The summed E-state index contributed by atoms with van der Waals surface area (Å²) in [5, 5.41) is 0.900. The first-order valence-corrected chi connectivity index (χ1v) is 7.64. The Morgan fingerprint density at radius 1 is 1.25 bits per heavy atom. The third-order valence-corrected chi connectivity index (χ3v) is 3.61. The quantitative estimate of drug-likeness (QED) is 0.637. The van der Waals surface area contributed by atoms with Gasteiger partial charge in [-0.15, -0.1) is 0 Å². The molecule has 1 atom stereocenters. The third kappa shape index (κ3) is 4.42. The maximum Gasteiger partial charge on any atom is 0.0400 e. The summed E-state index contributed by atoms with van der Waals surface area (Å²) < 4.78 is 0. The average molecular weight is 346 g/mol. The number of benzene rings is 1. The molecule has 0 heterocycles. The lowest BCUT2D eigenvalue weighted by Gasteiger charge is -2.17. The fourth-order valence-electron chi connectivity index (χ4n) is 1.68. The largest absolute Gasteiger partial charge is 0.0883 e. The van der Waals surface area contributed by atoms with Crippen LogP contribution in [0.4, 0.5) is 0 Å². The van der Waals surface area contributed by atoms with Crippen LogP contribution < -0.4 is 0 Å². The van der Waals surface area contributed by atoms with Crippen molar-refractivity contribution in [2.45, 2.75) is 25.1 Å². The van der Waals surface area contributed by atoms with Crippen LogP contribution in [-0.4, -0.2) is 10.2 Å². The molecule has 0 aromatic heterocycles. The molecule has 1 unspecified atom stereocenters. The zero-order chi connectivity index (χ0) is 12.0. The van der Waals surface area contributed by atoms with Gasteiger partial charge in [0.1, 0.15) is 0 Å².